The number of aliphatic hydroxyl groups is 1. The summed E-state index contributed by atoms with van der Waals surface area (Å²) in [6.07, 6.45) is 1.77. The van der Waals surface area contributed by atoms with Crippen molar-refractivity contribution in [2.45, 2.75) is 6.04 Å². The summed E-state index contributed by atoms with van der Waals surface area (Å²) >= 11 is 0. The van der Waals surface area contributed by atoms with Crippen LogP contribution in [0.4, 0.5) is 0 Å². The van der Waals surface area contributed by atoms with Crippen molar-refractivity contribution < 1.29 is 19.5 Å². The first kappa shape index (κ1) is 20.2. The molecule has 3 rings (SSSR count). The van der Waals surface area contributed by atoms with Crippen molar-refractivity contribution in [2.24, 2.45) is 0 Å². The minimum Gasteiger partial charge on any atom is -0.388 e. The molecule has 7 heteroatoms. The highest BCUT2D eigenvalue weighted by molar-refractivity contribution is 6.10. The van der Waals surface area contributed by atoms with Crippen molar-refractivity contribution >= 4 is 28.5 Å². The van der Waals surface area contributed by atoms with Gasteiger partial charge in [-0.15, -0.1) is 0 Å². The van der Waals surface area contributed by atoms with Gasteiger partial charge in [-0.3, -0.25) is 19.4 Å². The van der Waals surface area contributed by atoms with Gasteiger partial charge in [0.1, 0.15) is 6.61 Å². The third-order valence-electron chi connectivity index (χ3n) is 4.72. The summed E-state index contributed by atoms with van der Waals surface area (Å²) in [6.45, 7) is -0.830. The fourth-order valence-corrected chi connectivity index (χ4v) is 3.12. The first-order chi connectivity index (χ1) is 14.0. The SMILES string of the molecule is CNC(=O)C(C(=O)CO)N(C)C(=O)c1ccc(-c2cnc3ccccc3c2)cc1. The van der Waals surface area contributed by atoms with Crippen molar-refractivity contribution in [1.82, 2.24) is 15.2 Å². The van der Waals surface area contributed by atoms with E-state index in [1.807, 2.05) is 30.3 Å². The van der Waals surface area contributed by atoms with E-state index < -0.39 is 30.2 Å². The minimum atomic E-state index is -1.39. The Morgan fingerprint density at radius 1 is 1.07 bits per heavy atom. The summed E-state index contributed by atoms with van der Waals surface area (Å²) in [7, 11) is 2.72. The summed E-state index contributed by atoms with van der Waals surface area (Å²) < 4.78 is 0. The van der Waals surface area contributed by atoms with Crippen molar-refractivity contribution in [2.75, 3.05) is 20.7 Å². The average molecular weight is 391 g/mol. The quantitative estimate of drug-likeness (QED) is 0.623. The standard InChI is InChI=1S/C22H21N3O4/c1-23-21(28)20(19(27)13-26)25(2)22(29)15-9-7-14(8-10-15)17-11-16-5-3-4-6-18(16)24-12-17/h3-12,20,26H,13H2,1-2H3,(H,23,28). The number of Topliss-reactive ketones (excluding diaryl/α,β-unsaturated/α-hetero) is 1. The highest BCUT2D eigenvalue weighted by atomic mass is 16.3. The number of para-hydroxylation sites is 1. The second-order valence-electron chi connectivity index (χ2n) is 6.55. The van der Waals surface area contributed by atoms with Crippen LogP contribution in [-0.2, 0) is 9.59 Å². The summed E-state index contributed by atoms with van der Waals surface area (Å²) in [5, 5.41) is 12.5. The molecule has 0 spiro atoms. The van der Waals surface area contributed by atoms with Crippen LogP contribution in [0.1, 0.15) is 10.4 Å². The van der Waals surface area contributed by atoms with Gasteiger partial charge in [0.15, 0.2) is 11.8 Å². The molecule has 1 heterocycles. The number of benzene rings is 2. The van der Waals surface area contributed by atoms with Gasteiger partial charge in [0.2, 0.25) is 5.91 Å². The maximum Gasteiger partial charge on any atom is 0.254 e. The van der Waals surface area contributed by atoms with Crippen molar-refractivity contribution in [3.05, 3.63) is 66.4 Å². The number of nitrogens with one attached hydrogen (secondary N) is 1. The number of aromatic nitrogens is 1. The molecule has 0 fully saturated rings. The van der Waals surface area contributed by atoms with Gasteiger partial charge in [-0.25, -0.2) is 0 Å². The van der Waals surface area contributed by atoms with E-state index >= 15 is 0 Å². The smallest absolute Gasteiger partial charge is 0.254 e. The third-order valence-corrected chi connectivity index (χ3v) is 4.72. The summed E-state index contributed by atoms with van der Waals surface area (Å²) in [6, 6.07) is 15.3. The Bertz CT molecular complexity index is 1050. The number of nitrogens with zero attached hydrogens (tertiary/aromatic N) is 2. The van der Waals surface area contributed by atoms with Gasteiger partial charge in [-0.2, -0.15) is 0 Å². The van der Waals surface area contributed by atoms with Gasteiger partial charge in [0.25, 0.3) is 5.91 Å². The number of hydrogen-bond acceptors (Lipinski definition) is 5. The number of pyridine rings is 1. The molecule has 148 valence electrons. The van der Waals surface area contributed by atoms with Crippen molar-refractivity contribution in [3.63, 3.8) is 0 Å². The molecular weight excluding hydrogens is 370 g/mol. The van der Waals surface area contributed by atoms with E-state index in [9.17, 15) is 14.4 Å². The van der Waals surface area contributed by atoms with Crippen LogP contribution in [-0.4, -0.2) is 59.3 Å². The second kappa shape index (κ2) is 8.62. The van der Waals surface area contributed by atoms with Crippen LogP contribution < -0.4 is 5.32 Å². The zero-order valence-electron chi connectivity index (χ0n) is 16.1. The highest BCUT2D eigenvalue weighted by Gasteiger charge is 2.32. The van der Waals surface area contributed by atoms with Crippen molar-refractivity contribution in [1.29, 1.82) is 0 Å². The number of carbonyl (C=O) groups is 3. The van der Waals surface area contributed by atoms with E-state index in [1.165, 1.54) is 14.1 Å². The number of aliphatic hydroxyl groups excluding tert-OH is 1. The molecule has 0 aliphatic heterocycles. The molecule has 0 aliphatic rings. The minimum absolute atomic E-state index is 0.324. The van der Waals surface area contributed by atoms with Gasteiger partial charge in [-0.05, 0) is 29.8 Å². The van der Waals surface area contributed by atoms with Gasteiger partial charge in [0.05, 0.1) is 5.52 Å². The highest BCUT2D eigenvalue weighted by Crippen LogP contribution is 2.23. The third kappa shape index (κ3) is 4.14. The molecule has 1 atom stereocenters. The predicted octanol–water partition coefficient (Wildman–Crippen LogP) is 1.65. The predicted molar refractivity (Wildman–Crippen MR) is 109 cm³/mol. The number of ketones is 1. The number of carbonyl (C=O) groups excluding carboxylic acids is 3. The van der Waals surface area contributed by atoms with Crippen LogP contribution in [0.15, 0.2) is 60.8 Å². The largest absolute Gasteiger partial charge is 0.388 e. The lowest BCUT2D eigenvalue weighted by Crippen LogP contribution is -2.52. The molecular formula is C22H21N3O4. The van der Waals surface area contributed by atoms with Crippen LogP contribution in [0.25, 0.3) is 22.0 Å². The Morgan fingerprint density at radius 2 is 1.76 bits per heavy atom. The van der Waals surface area contributed by atoms with Crippen LogP contribution in [0.5, 0.6) is 0 Å². The number of likely N-dealkylation sites (N-methyl/N-ethyl adjacent to an activating group) is 2. The molecule has 0 aliphatic carbocycles. The van der Waals surface area contributed by atoms with Gasteiger partial charge >= 0.3 is 0 Å². The van der Waals surface area contributed by atoms with Crippen LogP contribution >= 0.6 is 0 Å². The van der Waals surface area contributed by atoms with E-state index in [-0.39, 0.29) is 0 Å². The summed E-state index contributed by atoms with van der Waals surface area (Å²) in [5.41, 5.74) is 3.02. The zero-order chi connectivity index (χ0) is 21.0. The Kier molecular flexibility index (Phi) is 5.99. The van der Waals surface area contributed by atoms with E-state index in [0.29, 0.717) is 5.56 Å². The zero-order valence-corrected chi connectivity index (χ0v) is 16.1. The second-order valence-corrected chi connectivity index (χ2v) is 6.55. The lowest BCUT2D eigenvalue weighted by Gasteiger charge is -2.25. The molecule has 2 N–H and O–H groups in total. The maximum atomic E-state index is 12.7. The van der Waals surface area contributed by atoms with Gasteiger partial charge in [-0.1, -0.05) is 30.3 Å². The summed E-state index contributed by atoms with van der Waals surface area (Å²) in [4.78, 5) is 42.1. The van der Waals surface area contributed by atoms with Crippen LogP contribution in [0, 0.1) is 0 Å². The first-order valence-electron chi connectivity index (χ1n) is 9.04. The lowest BCUT2D eigenvalue weighted by atomic mass is 10.0. The number of fused-ring (bicyclic) bond motifs is 1. The monoisotopic (exact) mass is 391 g/mol. The Hall–Kier alpha value is -3.58. The summed E-state index contributed by atoms with van der Waals surface area (Å²) in [5.74, 6) is -1.90. The fraction of sp³-hybridized carbons (Fsp3) is 0.182. The molecule has 0 bridgehead atoms. The molecule has 0 radical (unpaired) electrons. The Morgan fingerprint density at radius 3 is 2.41 bits per heavy atom. The molecule has 0 saturated heterocycles. The molecule has 1 unspecified atom stereocenters. The topological polar surface area (TPSA) is 99.6 Å². The Balaban J connectivity index is 1.85. The number of amides is 2. The maximum absolute atomic E-state index is 12.7. The van der Waals surface area contributed by atoms with Gasteiger partial charge in [0, 0.05) is 36.8 Å². The molecule has 7 nitrogen and oxygen atoms in total. The first-order valence-corrected chi connectivity index (χ1v) is 9.04. The number of hydrogen-bond donors (Lipinski definition) is 2. The van der Waals surface area contributed by atoms with E-state index in [4.69, 9.17) is 5.11 Å². The fourth-order valence-electron chi connectivity index (χ4n) is 3.12. The molecule has 1 aromatic heterocycles. The molecule has 2 amide bonds. The normalized spacial score (nSPS) is 11.7. The Labute approximate surface area is 168 Å². The van der Waals surface area contributed by atoms with Crippen LogP contribution in [0.2, 0.25) is 0 Å². The van der Waals surface area contributed by atoms with E-state index in [0.717, 1.165) is 26.9 Å². The van der Waals surface area contributed by atoms with Crippen molar-refractivity contribution in [3.8, 4) is 11.1 Å². The molecule has 2 aromatic carbocycles. The molecule has 3 aromatic rings. The van der Waals surface area contributed by atoms with E-state index in [1.54, 1.807) is 30.5 Å². The van der Waals surface area contributed by atoms with E-state index in [2.05, 4.69) is 10.3 Å². The molecule has 0 saturated carbocycles. The number of rotatable bonds is 6. The molecule has 29 heavy (non-hydrogen) atoms. The van der Waals surface area contributed by atoms with Crippen LogP contribution in [0.3, 0.4) is 0 Å². The lowest BCUT2D eigenvalue weighted by molar-refractivity contribution is -0.135. The van der Waals surface area contributed by atoms with Gasteiger partial charge < -0.3 is 15.3 Å². The average Bonchev–Trinajstić information content (AvgIpc) is 2.78.